The molecule has 1 aliphatic rings. The van der Waals surface area contributed by atoms with Crippen molar-refractivity contribution in [2.24, 2.45) is 0 Å². The summed E-state index contributed by atoms with van der Waals surface area (Å²) < 4.78 is 1.43. The van der Waals surface area contributed by atoms with Gasteiger partial charge in [-0.3, -0.25) is 0 Å². The van der Waals surface area contributed by atoms with E-state index in [-0.39, 0.29) is 0 Å². The molecular formula is C12H12S. The standard InChI is InChI=1S/C12H12S/c1-8-6-11-7-10(9-2-3-9)4-5-12(11)13-8/h4-7,9H,2-3H2,1H3. The zero-order valence-electron chi connectivity index (χ0n) is 7.71. The largest absolute Gasteiger partial charge is 0.141 e. The van der Waals surface area contributed by atoms with Gasteiger partial charge in [0.2, 0.25) is 0 Å². The van der Waals surface area contributed by atoms with E-state index in [2.05, 4.69) is 31.2 Å². The summed E-state index contributed by atoms with van der Waals surface area (Å²) in [6.07, 6.45) is 2.79. The molecule has 1 aliphatic carbocycles. The van der Waals surface area contributed by atoms with Gasteiger partial charge in [-0.2, -0.15) is 0 Å². The highest BCUT2D eigenvalue weighted by Gasteiger charge is 2.23. The van der Waals surface area contributed by atoms with Gasteiger partial charge in [-0.15, -0.1) is 11.3 Å². The van der Waals surface area contributed by atoms with Gasteiger partial charge in [-0.1, -0.05) is 12.1 Å². The minimum absolute atomic E-state index is 0.879. The second kappa shape index (κ2) is 2.58. The SMILES string of the molecule is Cc1cc2cc(C3CC3)ccc2s1. The zero-order chi connectivity index (χ0) is 8.84. The van der Waals surface area contributed by atoms with Crippen LogP contribution in [0.2, 0.25) is 0 Å². The van der Waals surface area contributed by atoms with Crippen LogP contribution in [0.5, 0.6) is 0 Å². The molecule has 1 heterocycles. The number of hydrogen-bond donors (Lipinski definition) is 0. The Hall–Kier alpha value is -0.820. The van der Waals surface area contributed by atoms with E-state index in [1.165, 1.54) is 27.8 Å². The molecule has 0 saturated heterocycles. The van der Waals surface area contributed by atoms with Gasteiger partial charge in [0.1, 0.15) is 0 Å². The number of rotatable bonds is 1. The van der Waals surface area contributed by atoms with Crippen LogP contribution >= 0.6 is 11.3 Å². The third kappa shape index (κ3) is 1.28. The molecule has 1 aromatic carbocycles. The molecule has 13 heavy (non-hydrogen) atoms. The Morgan fingerprint density at radius 1 is 1.23 bits per heavy atom. The van der Waals surface area contributed by atoms with Crippen molar-refractivity contribution in [3.8, 4) is 0 Å². The normalized spacial score (nSPS) is 16.7. The minimum atomic E-state index is 0.879. The topological polar surface area (TPSA) is 0 Å². The third-order valence-electron chi connectivity index (χ3n) is 2.71. The molecule has 66 valence electrons. The Balaban J connectivity index is 2.20. The molecule has 0 N–H and O–H groups in total. The van der Waals surface area contributed by atoms with Crippen LogP contribution in [0.25, 0.3) is 10.1 Å². The molecular weight excluding hydrogens is 176 g/mol. The first-order valence-corrected chi connectivity index (χ1v) is 5.65. The van der Waals surface area contributed by atoms with Crippen LogP contribution in [0.15, 0.2) is 24.3 Å². The predicted octanol–water partition coefficient (Wildman–Crippen LogP) is 4.09. The molecule has 0 nitrogen and oxygen atoms in total. The Morgan fingerprint density at radius 2 is 2.08 bits per heavy atom. The summed E-state index contributed by atoms with van der Waals surface area (Å²) in [5, 5.41) is 1.44. The molecule has 0 aliphatic heterocycles. The van der Waals surface area contributed by atoms with E-state index in [0.29, 0.717) is 0 Å². The van der Waals surface area contributed by atoms with E-state index in [1.54, 1.807) is 5.56 Å². The van der Waals surface area contributed by atoms with Crippen molar-refractivity contribution in [2.45, 2.75) is 25.7 Å². The van der Waals surface area contributed by atoms with Crippen LogP contribution in [0, 0.1) is 6.92 Å². The highest BCUT2D eigenvalue weighted by atomic mass is 32.1. The molecule has 0 spiro atoms. The van der Waals surface area contributed by atoms with Gasteiger partial charge in [0, 0.05) is 9.58 Å². The summed E-state index contributed by atoms with van der Waals surface area (Å²) in [5.74, 6) is 0.879. The molecule has 0 amide bonds. The number of hydrogen-bond acceptors (Lipinski definition) is 1. The van der Waals surface area contributed by atoms with Crippen LogP contribution in [-0.2, 0) is 0 Å². The quantitative estimate of drug-likeness (QED) is 0.632. The Labute approximate surface area is 82.2 Å². The van der Waals surface area contributed by atoms with Crippen molar-refractivity contribution in [2.75, 3.05) is 0 Å². The summed E-state index contributed by atoms with van der Waals surface area (Å²) in [6, 6.07) is 9.25. The maximum absolute atomic E-state index is 2.37. The Kier molecular flexibility index (Phi) is 1.50. The van der Waals surface area contributed by atoms with Crippen LogP contribution in [0.3, 0.4) is 0 Å². The van der Waals surface area contributed by atoms with Crippen molar-refractivity contribution in [3.63, 3.8) is 0 Å². The van der Waals surface area contributed by atoms with Gasteiger partial charge in [0.05, 0.1) is 0 Å². The number of aryl methyl sites for hydroxylation is 1. The smallest absolute Gasteiger partial charge is 0.0345 e. The Morgan fingerprint density at radius 3 is 2.85 bits per heavy atom. The fourth-order valence-corrected chi connectivity index (χ4v) is 2.77. The van der Waals surface area contributed by atoms with E-state index in [4.69, 9.17) is 0 Å². The van der Waals surface area contributed by atoms with Crippen LogP contribution in [0.4, 0.5) is 0 Å². The highest BCUT2D eigenvalue weighted by Crippen LogP contribution is 2.41. The van der Waals surface area contributed by atoms with Crippen LogP contribution in [0.1, 0.15) is 29.2 Å². The number of thiophene rings is 1. The summed E-state index contributed by atoms with van der Waals surface area (Å²) >= 11 is 1.89. The predicted molar refractivity (Wildman–Crippen MR) is 58.5 cm³/mol. The lowest BCUT2D eigenvalue weighted by atomic mass is 10.1. The Bertz CT molecular complexity index is 449. The molecule has 3 rings (SSSR count). The average Bonchev–Trinajstić information content (AvgIpc) is 2.87. The van der Waals surface area contributed by atoms with Crippen LogP contribution in [-0.4, -0.2) is 0 Å². The minimum Gasteiger partial charge on any atom is -0.141 e. The molecule has 0 atom stereocenters. The lowest BCUT2D eigenvalue weighted by molar-refractivity contribution is 1.14. The monoisotopic (exact) mass is 188 g/mol. The summed E-state index contributed by atoms with van der Waals surface area (Å²) in [6.45, 7) is 2.18. The van der Waals surface area contributed by atoms with Gasteiger partial charge >= 0.3 is 0 Å². The molecule has 0 radical (unpaired) electrons. The summed E-state index contributed by atoms with van der Waals surface area (Å²) in [5.41, 5.74) is 1.55. The van der Waals surface area contributed by atoms with Gasteiger partial charge in [0.15, 0.2) is 0 Å². The van der Waals surface area contributed by atoms with Crippen molar-refractivity contribution in [3.05, 3.63) is 34.7 Å². The second-order valence-electron chi connectivity index (χ2n) is 3.93. The zero-order valence-corrected chi connectivity index (χ0v) is 8.53. The lowest BCUT2D eigenvalue weighted by Crippen LogP contribution is -1.75. The molecule has 1 fully saturated rings. The van der Waals surface area contributed by atoms with Crippen molar-refractivity contribution in [1.29, 1.82) is 0 Å². The highest BCUT2D eigenvalue weighted by molar-refractivity contribution is 7.19. The molecule has 1 heteroatoms. The first kappa shape index (κ1) is 7.57. The fourth-order valence-electron chi connectivity index (χ4n) is 1.87. The maximum Gasteiger partial charge on any atom is 0.0345 e. The molecule has 2 aromatic rings. The molecule has 0 bridgehead atoms. The van der Waals surface area contributed by atoms with Crippen molar-refractivity contribution in [1.82, 2.24) is 0 Å². The van der Waals surface area contributed by atoms with E-state index >= 15 is 0 Å². The summed E-state index contributed by atoms with van der Waals surface area (Å²) in [4.78, 5) is 1.42. The van der Waals surface area contributed by atoms with Crippen molar-refractivity contribution < 1.29 is 0 Å². The first-order chi connectivity index (χ1) is 6.33. The lowest BCUT2D eigenvalue weighted by Gasteiger charge is -1.96. The molecule has 1 saturated carbocycles. The van der Waals surface area contributed by atoms with E-state index < -0.39 is 0 Å². The van der Waals surface area contributed by atoms with Gasteiger partial charge in [-0.05, 0) is 48.8 Å². The molecule has 1 aromatic heterocycles. The molecule has 0 unspecified atom stereocenters. The number of fused-ring (bicyclic) bond motifs is 1. The van der Waals surface area contributed by atoms with Crippen molar-refractivity contribution >= 4 is 21.4 Å². The average molecular weight is 188 g/mol. The van der Waals surface area contributed by atoms with Crippen LogP contribution < -0.4 is 0 Å². The second-order valence-corrected chi connectivity index (χ2v) is 5.22. The van der Waals surface area contributed by atoms with Gasteiger partial charge < -0.3 is 0 Å². The fraction of sp³-hybridized carbons (Fsp3) is 0.333. The van der Waals surface area contributed by atoms with E-state index in [9.17, 15) is 0 Å². The third-order valence-corrected chi connectivity index (χ3v) is 3.74. The van der Waals surface area contributed by atoms with E-state index in [1.807, 2.05) is 11.3 Å². The summed E-state index contributed by atoms with van der Waals surface area (Å²) in [7, 11) is 0. The van der Waals surface area contributed by atoms with Gasteiger partial charge in [0.25, 0.3) is 0 Å². The maximum atomic E-state index is 2.37. The van der Waals surface area contributed by atoms with Gasteiger partial charge in [-0.25, -0.2) is 0 Å². The number of benzene rings is 1. The first-order valence-electron chi connectivity index (χ1n) is 4.83. The van der Waals surface area contributed by atoms with E-state index in [0.717, 1.165) is 5.92 Å².